The van der Waals surface area contributed by atoms with Gasteiger partial charge in [-0.05, 0) is 13.3 Å². The normalized spacial score (nSPS) is 21.1. The lowest BCUT2D eigenvalue weighted by molar-refractivity contribution is -0.126. The maximum absolute atomic E-state index is 11.7. The standard InChI is InChI=1S/C10H19N3O2/c1-3-4-5-12-10(15)13-7-6-11-9(14)8(13)2/h8H,3-7H2,1-2H3,(H,11,14)(H,12,15). The van der Waals surface area contributed by atoms with E-state index in [4.69, 9.17) is 0 Å². The number of hydrogen-bond acceptors (Lipinski definition) is 2. The minimum atomic E-state index is -0.361. The van der Waals surface area contributed by atoms with Gasteiger partial charge in [-0.3, -0.25) is 4.79 Å². The fraction of sp³-hybridized carbons (Fsp3) is 0.800. The number of unbranched alkanes of at least 4 members (excludes halogenated alkanes) is 1. The molecule has 1 fully saturated rings. The van der Waals surface area contributed by atoms with Gasteiger partial charge in [0.1, 0.15) is 6.04 Å². The molecule has 1 atom stereocenters. The summed E-state index contributed by atoms with van der Waals surface area (Å²) in [4.78, 5) is 24.5. The Morgan fingerprint density at radius 1 is 1.67 bits per heavy atom. The first-order chi connectivity index (χ1) is 7.16. The first-order valence-corrected chi connectivity index (χ1v) is 5.49. The number of rotatable bonds is 3. The van der Waals surface area contributed by atoms with E-state index in [0.717, 1.165) is 12.8 Å². The lowest BCUT2D eigenvalue weighted by Gasteiger charge is -2.32. The highest BCUT2D eigenvalue weighted by Crippen LogP contribution is 2.03. The van der Waals surface area contributed by atoms with Crippen molar-refractivity contribution in [3.63, 3.8) is 0 Å². The third-order valence-electron chi connectivity index (χ3n) is 2.57. The van der Waals surface area contributed by atoms with Gasteiger partial charge >= 0.3 is 6.03 Å². The van der Waals surface area contributed by atoms with Crippen molar-refractivity contribution in [2.45, 2.75) is 32.7 Å². The molecule has 0 spiro atoms. The zero-order chi connectivity index (χ0) is 11.3. The Morgan fingerprint density at radius 2 is 2.40 bits per heavy atom. The summed E-state index contributed by atoms with van der Waals surface area (Å²) < 4.78 is 0. The van der Waals surface area contributed by atoms with E-state index >= 15 is 0 Å². The summed E-state index contributed by atoms with van der Waals surface area (Å²) >= 11 is 0. The van der Waals surface area contributed by atoms with Crippen LogP contribution in [0.15, 0.2) is 0 Å². The van der Waals surface area contributed by atoms with Crippen LogP contribution in [0.4, 0.5) is 4.79 Å². The predicted molar refractivity (Wildman–Crippen MR) is 57.5 cm³/mol. The van der Waals surface area contributed by atoms with Gasteiger partial charge in [-0.15, -0.1) is 0 Å². The summed E-state index contributed by atoms with van der Waals surface area (Å²) in [5.74, 6) is -0.0770. The molecule has 5 nitrogen and oxygen atoms in total. The molecule has 0 bridgehead atoms. The minimum absolute atomic E-state index is 0.0770. The van der Waals surface area contributed by atoms with E-state index in [-0.39, 0.29) is 18.0 Å². The van der Waals surface area contributed by atoms with Gasteiger partial charge in [0, 0.05) is 19.6 Å². The number of carbonyl (C=O) groups is 2. The van der Waals surface area contributed by atoms with Crippen LogP contribution in [-0.4, -0.2) is 42.5 Å². The van der Waals surface area contributed by atoms with Crippen LogP contribution in [0, 0.1) is 0 Å². The van der Waals surface area contributed by atoms with E-state index < -0.39 is 0 Å². The van der Waals surface area contributed by atoms with Crippen LogP contribution >= 0.6 is 0 Å². The molecule has 1 unspecified atom stereocenters. The number of amides is 3. The molecule has 1 rings (SSSR count). The molecule has 5 heteroatoms. The van der Waals surface area contributed by atoms with Gasteiger partial charge < -0.3 is 15.5 Å². The molecule has 0 aromatic rings. The topological polar surface area (TPSA) is 61.4 Å². The molecule has 15 heavy (non-hydrogen) atoms. The molecule has 1 aliphatic heterocycles. The van der Waals surface area contributed by atoms with Crippen molar-refractivity contribution in [2.24, 2.45) is 0 Å². The third-order valence-corrected chi connectivity index (χ3v) is 2.57. The average molecular weight is 213 g/mol. The molecule has 0 aromatic heterocycles. The van der Waals surface area contributed by atoms with Crippen LogP contribution in [-0.2, 0) is 4.79 Å². The van der Waals surface area contributed by atoms with Gasteiger partial charge in [0.25, 0.3) is 0 Å². The minimum Gasteiger partial charge on any atom is -0.353 e. The van der Waals surface area contributed by atoms with Gasteiger partial charge in [0.05, 0.1) is 0 Å². The lowest BCUT2D eigenvalue weighted by Crippen LogP contribution is -2.58. The van der Waals surface area contributed by atoms with Gasteiger partial charge in [-0.2, -0.15) is 0 Å². The smallest absolute Gasteiger partial charge is 0.318 e. The Kier molecular flexibility index (Phi) is 4.39. The van der Waals surface area contributed by atoms with Gasteiger partial charge in [0.2, 0.25) is 5.91 Å². The van der Waals surface area contributed by atoms with Gasteiger partial charge in [-0.25, -0.2) is 4.79 Å². The van der Waals surface area contributed by atoms with Gasteiger partial charge in [-0.1, -0.05) is 13.3 Å². The molecule has 1 aliphatic rings. The second-order valence-electron chi connectivity index (χ2n) is 3.75. The zero-order valence-electron chi connectivity index (χ0n) is 9.38. The lowest BCUT2D eigenvalue weighted by atomic mass is 10.2. The van der Waals surface area contributed by atoms with Crippen LogP contribution in [0.5, 0.6) is 0 Å². The molecule has 0 aliphatic carbocycles. The second-order valence-corrected chi connectivity index (χ2v) is 3.75. The Hall–Kier alpha value is -1.26. The summed E-state index contributed by atoms with van der Waals surface area (Å²) in [5, 5.41) is 5.53. The maximum Gasteiger partial charge on any atom is 0.318 e. The number of urea groups is 1. The summed E-state index contributed by atoms with van der Waals surface area (Å²) in [6, 6.07) is -0.494. The van der Waals surface area contributed by atoms with Gasteiger partial charge in [0.15, 0.2) is 0 Å². The van der Waals surface area contributed by atoms with Crippen LogP contribution in [0.25, 0.3) is 0 Å². The summed E-state index contributed by atoms with van der Waals surface area (Å²) in [5.41, 5.74) is 0. The Balaban J connectivity index is 2.40. The Bertz CT molecular complexity index is 243. The number of nitrogens with zero attached hydrogens (tertiary/aromatic N) is 1. The summed E-state index contributed by atoms with van der Waals surface area (Å²) in [7, 11) is 0. The fourth-order valence-corrected chi connectivity index (χ4v) is 1.53. The number of piperazine rings is 1. The Labute approximate surface area is 90.2 Å². The highest BCUT2D eigenvalue weighted by atomic mass is 16.2. The first-order valence-electron chi connectivity index (χ1n) is 5.49. The molecule has 3 amide bonds. The Morgan fingerprint density at radius 3 is 3.07 bits per heavy atom. The quantitative estimate of drug-likeness (QED) is 0.663. The van der Waals surface area contributed by atoms with Crippen molar-refractivity contribution < 1.29 is 9.59 Å². The van der Waals surface area contributed by atoms with Crippen molar-refractivity contribution in [1.29, 1.82) is 0 Å². The number of carbonyl (C=O) groups excluding carboxylic acids is 2. The summed E-state index contributed by atoms with van der Waals surface area (Å²) in [6.07, 6.45) is 2.02. The fourth-order valence-electron chi connectivity index (χ4n) is 1.53. The highest BCUT2D eigenvalue weighted by molar-refractivity contribution is 5.87. The molecule has 2 N–H and O–H groups in total. The van der Waals surface area contributed by atoms with Crippen molar-refractivity contribution in [3.8, 4) is 0 Å². The van der Waals surface area contributed by atoms with Crippen molar-refractivity contribution in [3.05, 3.63) is 0 Å². The summed E-state index contributed by atoms with van der Waals surface area (Å²) in [6.45, 7) is 5.63. The third kappa shape index (κ3) is 3.11. The van der Waals surface area contributed by atoms with E-state index in [1.165, 1.54) is 0 Å². The van der Waals surface area contributed by atoms with E-state index in [9.17, 15) is 9.59 Å². The van der Waals surface area contributed by atoms with Crippen LogP contribution in [0.3, 0.4) is 0 Å². The van der Waals surface area contributed by atoms with Crippen molar-refractivity contribution in [2.75, 3.05) is 19.6 Å². The zero-order valence-corrected chi connectivity index (χ0v) is 9.38. The van der Waals surface area contributed by atoms with Crippen LogP contribution < -0.4 is 10.6 Å². The molecule has 0 radical (unpaired) electrons. The molecule has 1 saturated heterocycles. The largest absolute Gasteiger partial charge is 0.353 e. The number of hydrogen-bond donors (Lipinski definition) is 2. The monoisotopic (exact) mass is 213 g/mol. The molecule has 0 saturated carbocycles. The van der Waals surface area contributed by atoms with E-state index in [1.807, 2.05) is 0 Å². The SMILES string of the molecule is CCCCNC(=O)N1CCNC(=O)C1C. The number of nitrogens with one attached hydrogen (secondary N) is 2. The first kappa shape index (κ1) is 11.8. The van der Waals surface area contributed by atoms with E-state index in [2.05, 4.69) is 17.6 Å². The second kappa shape index (κ2) is 5.58. The molecular weight excluding hydrogens is 194 g/mol. The average Bonchev–Trinajstić information content (AvgIpc) is 2.22. The molecular formula is C10H19N3O2. The van der Waals surface area contributed by atoms with Crippen molar-refractivity contribution in [1.82, 2.24) is 15.5 Å². The molecule has 0 aromatic carbocycles. The molecule has 1 heterocycles. The maximum atomic E-state index is 11.7. The van der Waals surface area contributed by atoms with Crippen LogP contribution in [0.2, 0.25) is 0 Å². The van der Waals surface area contributed by atoms with Crippen LogP contribution in [0.1, 0.15) is 26.7 Å². The van der Waals surface area contributed by atoms with E-state index in [0.29, 0.717) is 19.6 Å². The van der Waals surface area contributed by atoms with E-state index in [1.54, 1.807) is 11.8 Å². The highest BCUT2D eigenvalue weighted by Gasteiger charge is 2.28. The molecule has 86 valence electrons. The predicted octanol–water partition coefficient (Wildman–Crippen LogP) is 0.316. The van der Waals surface area contributed by atoms with Crippen molar-refractivity contribution >= 4 is 11.9 Å².